The number of rotatable bonds is 6. The van der Waals surface area contributed by atoms with Crippen LogP contribution in [-0.4, -0.2) is 42.3 Å². The minimum atomic E-state index is -0.297. The lowest BCUT2D eigenvalue weighted by Crippen LogP contribution is -2.46. The average molecular weight is 256 g/mol. The van der Waals surface area contributed by atoms with E-state index in [2.05, 4.69) is 26.1 Å². The molecule has 1 aliphatic rings. The summed E-state index contributed by atoms with van der Waals surface area (Å²) in [6.07, 6.45) is 2.09. The van der Waals surface area contributed by atoms with Gasteiger partial charge in [-0.25, -0.2) is 0 Å². The van der Waals surface area contributed by atoms with Crippen LogP contribution in [0.5, 0.6) is 0 Å². The van der Waals surface area contributed by atoms with Gasteiger partial charge in [0.1, 0.15) is 0 Å². The van der Waals surface area contributed by atoms with Gasteiger partial charge in [-0.2, -0.15) is 0 Å². The fraction of sp³-hybridized carbons (Fsp3) is 0.929. The van der Waals surface area contributed by atoms with Gasteiger partial charge in [-0.05, 0) is 26.2 Å². The molecule has 1 rings (SSSR count). The molecule has 0 aromatic heterocycles. The zero-order valence-electron chi connectivity index (χ0n) is 12.6. The molecule has 1 aliphatic heterocycles. The van der Waals surface area contributed by atoms with Crippen LogP contribution in [-0.2, 0) is 9.53 Å². The van der Waals surface area contributed by atoms with Crippen molar-refractivity contribution in [3.8, 4) is 0 Å². The molecule has 1 heterocycles. The topological polar surface area (TPSA) is 41.6 Å². The molecule has 18 heavy (non-hydrogen) atoms. The molecular weight excluding hydrogens is 228 g/mol. The van der Waals surface area contributed by atoms with Crippen molar-refractivity contribution < 1.29 is 9.53 Å². The predicted octanol–water partition coefficient (Wildman–Crippen LogP) is 1.99. The quantitative estimate of drug-likeness (QED) is 0.790. The molecule has 1 N–H and O–H groups in total. The number of carbonyl (C=O) groups is 1. The fourth-order valence-corrected chi connectivity index (χ4v) is 2.35. The summed E-state index contributed by atoms with van der Waals surface area (Å²) in [4.78, 5) is 14.4. The highest BCUT2D eigenvalue weighted by Crippen LogP contribution is 2.23. The van der Waals surface area contributed by atoms with Gasteiger partial charge in [0.05, 0.1) is 24.4 Å². The highest BCUT2D eigenvalue weighted by molar-refractivity contribution is 5.84. The van der Waals surface area contributed by atoms with Crippen molar-refractivity contribution in [1.82, 2.24) is 10.2 Å². The van der Waals surface area contributed by atoms with E-state index in [1.807, 2.05) is 18.7 Å². The van der Waals surface area contributed by atoms with Crippen molar-refractivity contribution in [1.29, 1.82) is 0 Å². The Kier molecular flexibility index (Phi) is 5.17. The van der Waals surface area contributed by atoms with Crippen molar-refractivity contribution >= 4 is 5.91 Å². The number of hydrogen-bond donors (Lipinski definition) is 1. The van der Waals surface area contributed by atoms with E-state index in [1.165, 1.54) is 0 Å². The Labute approximate surface area is 111 Å². The van der Waals surface area contributed by atoms with E-state index < -0.39 is 0 Å². The van der Waals surface area contributed by atoms with Crippen LogP contribution in [0.3, 0.4) is 0 Å². The van der Waals surface area contributed by atoms with Gasteiger partial charge in [-0.3, -0.25) is 10.1 Å². The van der Waals surface area contributed by atoms with Gasteiger partial charge in [0.25, 0.3) is 0 Å². The smallest absolute Gasteiger partial charge is 0.241 e. The van der Waals surface area contributed by atoms with Crippen molar-refractivity contribution in [2.75, 3.05) is 13.7 Å². The summed E-state index contributed by atoms with van der Waals surface area (Å²) >= 11 is 0. The monoisotopic (exact) mass is 256 g/mol. The van der Waals surface area contributed by atoms with Crippen molar-refractivity contribution in [3.63, 3.8) is 0 Å². The third-order valence-electron chi connectivity index (χ3n) is 4.00. The Morgan fingerprint density at radius 3 is 2.50 bits per heavy atom. The molecule has 3 unspecified atom stereocenters. The lowest BCUT2D eigenvalue weighted by molar-refractivity contribution is -0.134. The highest BCUT2D eigenvalue weighted by Gasteiger charge is 2.42. The SMILES string of the molecule is CCC(C)C1NC(CC)N(CC(C)(C)OC)C1=O. The van der Waals surface area contributed by atoms with Crippen LogP contribution in [0, 0.1) is 5.92 Å². The second-order valence-electron chi connectivity index (χ2n) is 5.88. The van der Waals surface area contributed by atoms with Crippen LogP contribution in [0.4, 0.5) is 0 Å². The molecule has 1 amide bonds. The van der Waals surface area contributed by atoms with Crippen LogP contribution in [0.25, 0.3) is 0 Å². The first-order chi connectivity index (χ1) is 8.36. The Hall–Kier alpha value is -0.610. The predicted molar refractivity (Wildman–Crippen MR) is 73.3 cm³/mol. The molecule has 0 spiro atoms. The number of amides is 1. The first-order valence-electron chi connectivity index (χ1n) is 6.98. The summed E-state index contributed by atoms with van der Waals surface area (Å²) in [6, 6.07) is -0.0346. The van der Waals surface area contributed by atoms with Gasteiger partial charge in [0, 0.05) is 7.11 Å². The van der Waals surface area contributed by atoms with E-state index >= 15 is 0 Å². The molecular formula is C14H28N2O2. The maximum atomic E-state index is 12.5. The molecule has 0 radical (unpaired) electrons. The molecule has 0 saturated carbocycles. The number of methoxy groups -OCH3 is 1. The molecule has 0 aromatic rings. The molecule has 1 fully saturated rings. The second kappa shape index (κ2) is 6.02. The van der Waals surface area contributed by atoms with Gasteiger partial charge in [-0.1, -0.05) is 27.2 Å². The van der Waals surface area contributed by atoms with E-state index in [-0.39, 0.29) is 23.7 Å². The maximum Gasteiger partial charge on any atom is 0.241 e. The number of ether oxygens (including phenoxy) is 1. The Balaban J connectivity index is 2.80. The van der Waals surface area contributed by atoms with E-state index in [1.54, 1.807) is 7.11 Å². The van der Waals surface area contributed by atoms with Gasteiger partial charge in [0.2, 0.25) is 5.91 Å². The summed E-state index contributed by atoms with van der Waals surface area (Å²) in [5, 5.41) is 3.46. The summed E-state index contributed by atoms with van der Waals surface area (Å²) < 4.78 is 5.44. The summed E-state index contributed by atoms with van der Waals surface area (Å²) in [5.74, 6) is 0.600. The van der Waals surface area contributed by atoms with Crippen LogP contribution in [0.2, 0.25) is 0 Å². The lowest BCUT2D eigenvalue weighted by Gasteiger charge is -2.32. The summed E-state index contributed by atoms with van der Waals surface area (Å²) in [7, 11) is 1.70. The summed E-state index contributed by atoms with van der Waals surface area (Å²) in [6.45, 7) is 11.0. The molecule has 0 aliphatic carbocycles. The average Bonchev–Trinajstić information content (AvgIpc) is 2.65. The highest BCUT2D eigenvalue weighted by atomic mass is 16.5. The Morgan fingerprint density at radius 2 is 2.06 bits per heavy atom. The number of hydrogen-bond acceptors (Lipinski definition) is 3. The molecule has 106 valence electrons. The Morgan fingerprint density at radius 1 is 1.44 bits per heavy atom. The third-order valence-corrected chi connectivity index (χ3v) is 4.00. The van der Waals surface area contributed by atoms with Gasteiger partial charge < -0.3 is 9.64 Å². The molecule has 4 heteroatoms. The largest absolute Gasteiger partial charge is 0.377 e. The third kappa shape index (κ3) is 3.23. The number of carbonyl (C=O) groups excluding carboxylic acids is 1. The second-order valence-corrected chi connectivity index (χ2v) is 5.88. The first kappa shape index (κ1) is 15.4. The first-order valence-corrected chi connectivity index (χ1v) is 6.98. The number of nitrogens with one attached hydrogen (secondary N) is 1. The standard InChI is InChI=1S/C14H28N2O2/c1-7-10(3)12-13(17)16(11(8-2)15-12)9-14(4,5)18-6/h10-12,15H,7-9H2,1-6H3. The van der Waals surface area contributed by atoms with E-state index in [0.29, 0.717) is 12.5 Å². The minimum absolute atomic E-state index is 0.0346. The molecule has 3 atom stereocenters. The van der Waals surface area contributed by atoms with Crippen LogP contribution >= 0.6 is 0 Å². The summed E-state index contributed by atoms with van der Waals surface area (Å²) in [5.41, 5.74) is -0.297. The van der Waals surface area contributed by atoms with E-state index in [4.69, 9.17) is 4.74 Å². The molecule has 0 aromatic carbocycles. The fourth-order valence-electron chi connectivity index (χ4n) is 2.35. The maximum absolute atomic E-state index is 12.5. The van der Waals surface area contributed by atoms with Crippen LogP contribution in [0.1, 0.15) is 47.5 Å². The normalized spacial score (nSPS) is 26.8. The van der Waals surface area contributed by atoms with E-state index in [0.717, 1.165) is 12.8 Å². The zero-order valence-corrected chi connectivity index (χ0v) is 12.6. The minimum Gasteiger partial charge on any atom is -0.377 e. The van der Waals surface area contributed by atoms with Crippen LogP contribution in [0.15, 0.2) is 0 Å². The zero-order chi connectivity index (χ0) is 13.9. The molecule has 1 saturated heterocycles. The molecule has 4 nitrogen and oxygen atoms in total. The molecule has 0 bridgehead atoms. The van der Waals surface area contributed by atoms with Crippen molar-refractivity contribution in [2.45, 2.75) is 65.3 Å². The van der Waals surface area contributed by atoms with Crippen molar-refractivity contribution in [2.24, 2.45) is 5.92 Å². The van der Waals surface area contributed by atoms with Crippen molar-refractivity contribution in [3.05, 3.63) is 0 Å². The van der Waals surface area contributed by atoms with E-state index in [9.17, 15) is 4.79 Å². The van der Waals surface area contributed by atoms with Gasteiger partial charge in [0.15, 0.2) is 0 Å². The van der Waals surface area contributed by atoms with Crippen LogP contribution < -0.4 is 5.32 Å². The number of nitrogens with zero attached hydrogens (tertiary/aromatic N) is 1. The van der Waals surface area contributed by atoms with Gasteiger partial charge >= 0.3 is 0 Å². The lowest BCUT2D eigenvalue weighted by atomic mass is 9.99. The Bertz CT molecular complexity index is 292. The van der Waals surface area contributed by atoms with Gasteiger partial charge in [-0.15, -0.1) is 0 Å².